The maximum absolute atomic E-state index is 9.74. The number of hydrogen-bond donors (Lipinski definition) is 1. The second kappa shape index (κ2) is 7.19. The molecule has 0 aliphatic heterocycles. The van der Waals surface area contributed by atoms with Crippen LogP contribution in [-0.4, -0.2) is 11.7 Å². The SMILES string of the molecule is [N-]=[N+]=NC[C@H](O)c1ccc(OCc2ccccc2)cc1. The van der Waals surface area contributed by atoms with E-state index in [0.29, 0.717) is 12.2 Å². The molecule has 0 amide bonds. The van der Waals surface area contributed by atoms with E-state index in [4.69, 9.17) is 10.3 Å². The summed E-state index contributed by atoms with van der Waals surface area (Å²) in [6, 6.07) is 17.0. The van der Waals surface area contributed by atoms with E-state index in [1.807, 2.05) is 30.3 Å². The van der Waals surface area contributed by atoms with Crippen molar-refractivity contribution < 1.29 is 9.84 Å². The molecule has 1 N–H and O–H groups in total. The number of aliphatic hydroxyl groups is 1. The highest BCUT2D eigenvalue weighted by atomic mass is 16.5. The first-order chi connectivity index (χ1) is 9.79. The standard InChI is InChI=1S/C15H15N3O2/c16-18-17-10-15(19)13-6-8-14(9-7-13)20-11-12-4-2-1-3-5-12/h1-9,15,19H,10-11H2/t15-/m0/s1. The Bertz CT molecular complexity index is 578. The van der Waals surface area contributed by atoms with E-state index in [1.165, 1.54) is 0 Å². The third-order valence-corrected chi connectivity index (χ3v) is 2.83. The van der Waals surface area contributed by atoms with Crippen LogP contribution in [0.3, 0.4) is 0 Å². The molecular formula is C15H15N3O2. The maximum atomic E-state index is 9.74. The highest BCUT2D eigenvalue weighted by Gasteiger charge is 2.06. The quantitative estimate of drug-likeness (QED) is 0.494. The molecule has 0 spiro atoms. The summed E-state index contributed by atoms with van der Waals surface area (Å²) in [6.07, 6.45) is -0.783. The number of azide groups is 1. The molecule has 102 valence electrons. The summed E-state index contributed by atoms with van der Waals surface area (Å²) in [7, 11) is 0. The molecule has 5 heteroatoms. The largest absolute Gasteiger partial charge is 0.489 e. The molecule has 1 atom stereocenters. The van der Waals surface area contributed by atoms with Crippen LogP contribution in [0, 0.1) is 0 Å². The van der Waals surface area contributed by atoms with Gasteiger partial charge >= 0.3 is 0 Å². The van der Waals surface area contributed by atoms with Crippen LogP contribution in [0.4, 0.5) is 0 Å². The van der Waals surface area contributed by atoms with Crippen LogP contribution in [0.15, 0.2) is 59.7 Å². The van der Waals surface area contributed by atoms with Crippen LogP contribution < -0.4 is 4.74 Å². The molecule has 0 fully saturated rings. The third-order valence-electron chi connectivity index (χ3n) is 2.83. The number of ether oxygens (including phenoxy) is 1. The molecule has 0 aliphatic carbocycles. The summed E-state index contributed by atoms with van der Waals surface area (Å²) in [4.78, 5) is 2.62. The van der Waals surface area contributed by atoms with E-state index in [0.717, 1.165) is 11.3 Å². The molecule has 5 nitrogen and oxygen atoms in total. The second-order valence-corrected chi connectivity index (χ2v) is 4.27. The van der Waals surface area contributed by atoms with Gasteiger partial charge in [-0.1, -0.05) is 47.6 Å². The molecule has 0 aliphatic rings. The monoisotopic (exact) mass is 269 g/mol. The Morgan fingerprint density at radius 1 is 1.10 bits per heavy atom. The van der Waals surface area contributed by atoms with Crippen molar-refractivity contribution in [2.24, 2.45) is 5.11 Å². The van der Waals surface area contributed by atoms with Gasteiger partial charge in [0.05, 0.1) is 12.6 Å². The van der Waals surface area contributed by atoms with Crippen molar-refractivity contribution in [3.63, 3.8) is 0 Å². The zero-order valence-corrected chi connectivity index (χ0v) is 10.9. The van der Waals surface area contributed by atoms with Gasteiger partial charge < -0.3 is 9.84 Å². The van der Waals surface area contributed by atoms with Crippen LogP contribution in [0.5, 0.6) is 5.75 Å². The fourth-order valence-electron chi connectivity index (χ4n) is 1.75. The van der Waals surface area contributed by atoms with Gasteiger partial charge in [0.1, 0.15) is 12.4 Å². The van der Waals surface area contributed by atoms with Crippen LogP contribution >= 0.6 is 0 Å². The fraction of sp³-hybridized carbons (Fsp3) is 0.200. The lowest BCUT2D eigenvalue weighted by molar-refractivity contribution is 0.186. The Morgan fingerprint density at radius 2 is 1.80 bits per heavy atom. The van der Waals surface area contributed by atoms with Gasteiger partial charge in [-0.15, -0.1) is 0 Å². The lowest BCUT2D eigenvalue weighted by atomic mass is 10.1. The van der Waals surface area contributed by atoms with Crippen LogP contribution in [0.1, 0.15) is 17.2 Å². The van der Waals surface area contributed by atoms with E-state index < -0.39 is 6.10 Å². The molecule has 0 saturated heterocycles. The van der Waals surface area contributed by atoms with Crippen molar-refractivity contribution in [1.29, 1.82) is 0 Å². The number of benzene rings is 2. The minimum Gasteiger partial charge on any atom is -0.489 e. The number of hydrogen-bond acceptors (Lipinski definition) is 3. The lowest BCUT2D eigenvalue weighted by Gasteiger charge is -2.10. The molecule has 0 bridgehead atoms. The van der Waals surface area contributed by atoms with Gasteiger partial charge in [0, 0.05) is 4.91 Å². The summed E-state index contributed by atoms with van der Waals surface area (Å²) >= 11 is 0. The lowest BCUT2D eigenvalue weighted by Crippen LogP contribution is -2.01. The van der Waals surface area contributed by atoms with Gasteiger partial charge in [0.25, 0.3) is 0 Å². The first-order valence-corrected chi connectivity index (χ1v) is 6.25. The highest BCUT2D eigenvalue weighted by Crippen LogP contribution is 2.19. The van der Waals surface area contributed by atoms with E-state index in [2.05, 4.69) is 10.0 Å². The molecule has 0 heterocycles. The van der Waals surface area contributed by atoms with E-state index >= 15 is 0 Å². The Labute approximate surface area is 117 Å². The zero-order chi connectivity index (χ0) is 14.2. The third kappa shape index (κ3) is 4.02. The van der Waals surface area contributed by atoms with Crippen molar-refractivity contribution in [2.75, 3.05) is 6.54 Å². The molecule has 20 heavy (non-hydrogen) atoms. The first-order valence-electron chi connectivity index (χ1n) is 6.25. The molecule has 0 radical (unpaired) electrons. The smallest absolute Gasteiger partial charge is 0.119 e. The van der Waals surface area contributed by atoms with Gasteiger partial charge in [-0.2, -0.15) is 0 Å². The Hall–Kier alpha value is -2.49. The van der Waals surface area contributed by atoms with Gasteiger partial charge in [0.15, 0.2) is 0 Å². The predicted octanol–water partition coefficient (Wildman–Crippen LogP) is 3.61. The minimum absolute atomic E-state index is 0.0285. The summed E-state index contributed by atoms with van der Waals surface area (Å²) in [5.74, 6) is 0.730. The van der Waals surface area contributed by atoms with Crippen molar-refractivity contribution in [2.45, 2.75) is 12.7 Å². The van der Waals surface area contributed by atoms with E-state index in [-0.39, 0.29) is 6.54 Å². The van der Waals surface area contributed by atoms with Crippen molar-refractivity contribution >= 4 is 0 Å². The highest BCUT2D eigenvalue weighted by molar-refractivity contribution is 5.29. The van der Waals surface area contributed by atoms with Gasteiger partial charge in [-0.25, -0.2) is 0 Å². The first kappa shape index (κ1) is 13.9. The van der Waals surface area contributed by atoms with Crippen LogP contribution in [0.2, 0.25) is 0 Å². The van der Waals surface area contributed by atoms with Crippen LogP contribution in [-0.2, 0) is 6.61 Å². The fourth-order valence-corrected chi connectivity index (χ4v) is 1.75. The number of aliphatic hydroxyl groups excluding tert-OH is 1. The average Bonchev–Trinajstić information content (AvgIpc) is 2.52. The van der Waals surface area contributed by atoms with Crippen molar-refractivity contribution in [1.82, 2.24) is 0 Å². The van der Waals surface area contributed by atoms with E-state index in [9.17, 15) is 5.11 Å². The molecule has 0 unspecified atom stereocenters. The summed E-state index contributed by atoms with van der Waals surface area (Å²) < 4.78 is 5.64. The number of rotatable bonds is 6. The molecule has 0 aromatic heterocycles. The number of nitrogens with zero attached hydrogens (tertiary/aromatic N) is 3. The molecule has 0 saturated carbocycles. The molecular weight excluding hydrogens is 254 g/mol. The van der Waals surface area contributed by atoms with Crippen LogP contribution in [0.25, 0.3) is 10.4 Å². The van der Waals surface area contributed by atoms with Crippen molar-refractivity contribution in [3.05, 3.63) is 76.2 Å². The predicted molar refractivity (Wildman–Crippen MR) is 76.2 cm³/mol. The summed E-state index contributed by atoms with van der Waals surface area (Å²) in [5, 5.41) is 13.1. The molecule has 2 aromatic rings. The van der Waals surface area contributed by atoms with Gasteiger partial charge in [-0.05, 0) is 28.8 Å². The Balaban J connectivity index is 1.93. The summed E-state index contributed by atoms with van der Waals surface area (Å²) in [5.41, 5.74) is 10.0. The molecule has 2 aromatic carbocycles. The zero-order valence-electron chi connectivity index (χ0n) is 10.9. The maximum Gasteiger partial charge on any atom is 0.119 e. The Kier molecular flexibility index (Phi) is 5.00. The molecule has 2 rings (SSSR count). The van der Waals surface area contributed by atoms with Crippen molar-refractivity contribution in [3.8, 4) is 5.75 Å². The summed E-state index contributed by atoms with van der Waals surface area (Å²) in [6.45, 7) is 0.530. The Morgan fingerprint density at radius 3 is 2.45 bits per heavy atom. The minimum atomic E-state index is -0.783. The topological polar surface area (TPSA) is 78.2 Å². The van der Waals surface area contributed by atoms with E-state index in [1.54, 1.807) is 24.3 Å². The normalized spacial score (nSPS) is 11.4. The van der Waals surface area contributed by atoms with Gasteiger partial charge in [0.2, 0.25) is 0 Å². The average molecular weight is 269 g/mol. The second-order valence-electron chi connectivity index (χ2n) is 4.27. The van der Waals surface area contributed by atoms with Gasteiger partial charge in [-0.3, -0.25) is 0 Å².